The van der Waals surface area contributed by atoms with E-state index in [9.17, 15) is 18.6 Å². The molecule has 0 aromatic heterocycles. The van der Waals surface area contributed by atoms with Crippen LogP contribution in [0.5, 0.6) is 0 Å². The molecule has 1 saturated carbocycles. The Bertz CT molecular complexity index is 1450. The fraction of sp³-hybridized carbons (Fsp3) is 0.412. The SMILES string of the molecule is C[C@H]1C[C@@H](CO[Si](c2ccccc2)(c2ccccc2)C(C)(C)C)[C@]2(O)C(=CCS(=O)(=O)c3ccccc3)CO[C@@H]2[C@@H]1O. The summed E-state index contributed by atoms with van der Waals surface area (Å²) in [5.74, 6) is -0.801. The Hall–Kier alpha value is -2.59. The number of benzene rings is 3. The van der Waals surface area contributed by atoms with Crippen molar-refractivity contribution < 1.29 is 27.8 Å². The van der Waals surface area contributed by atoms with E-state index < -0.39 is 41.9 Å². The Labute approximate surface area is 251 Å². The highest BCUT2D eigenvalue weighted by Crippen LogP contribution is 2.48. The number of aliphatic hydroxyl groups excluding tert-OH is 1. The predicted molar refractivity (Wildman–Crippen MR) is 168 cm³/mol. The lowest BCUT2D eigenvalue weighted by Crippen LogP contribution is -2.68. The number of hydrogen-bond donors (Lipinski definition) is 2. The third kappa shape index (κ3) is 5.45. The molecule has 3 aromatic rings. The van der Waals surface area contributed by atoms with Crippen LogP contribution in [0.4, 0.5) is 0 Å². The van der Waals surface area contributed by atoms with Gasteiger partial charge in [-0.15, -0.1) is 0 Å². The zero-order chi connectivity index (χ0) is 30.2. The molecule has 6 nitrogen and oxygen atoms in total. The van der Waals surface area contributed by atoms with Crippen molar-refractivity contribution in [3.05, 3.63) is 103 Å². The second-order valence-electron chi connectivity index (χ2n) is 12.8. The van der Waals surface area contributed by atoms with Crippen LogP contribution in [0.2, 0.25) is 5.04 Å². The average Bonchev–Trinajstić information content (AvgIpc) is 3.33. The van der Waals surface area contributed by atoms with Crippen LogP contribution in [-0.2, 0) is 19.0 Å². The van der Waals surface area contributed by atoms with Gasteiger partial charge in [0.25, 0.3) is 8.32 Å². The van der Waals surface area contributed by atoms with E-state index in [-0.39, 0.29) is 34.8 Å². The molecule has 224 valence electrons. The maximum Gasteiger partial charge on any atom is 0.261 e. The Kier molecular flexibility index (Phi) is 8.69. The summed E-state index contributed by atoms with van der Waals surface area (Å²) in [6.07, 6.45) is 0.356. The lowest BCUT2D eigenvalue weighted by Gasteiger charge is -2.49. The van der Waals surface area contributed by atoms with E-state index >= 15 is 0 Å². The summed E-state index contributed by atoms with van der Waals surface area (Å²) < 4.78 is 39.4. The molecule has 1 aliphatic heterocycles. The first-order chi connectivity index (χ1) is 19.9. The monoisotopic (exact) mass is 606 g/mol. The summed E-state index contributed by atoms with van der Waals surface area (Å²) in [7, 11) is -6.50. The van der Waals surface area contributed by atoms with Gasteiger partial charge in [0, 0.05) is 12.5 Å². The van der Waals surface area contributed by atoms with Gasteiger partial charge in [0.1, 0.15) is 11.7 Å². The summed E-state index contributed by atoms with van der Waals surface area (Å²) in [5.41, 5.74) is -1.06. The largest absolute Gasteiger partial charge is 0.407 e. The minimum atomic E-state index is -3.61. The lowest BCUT2D eigenvalue weighted by atomic mass is 9.66. The smallest absolute Gasteiger partial charge is 0.261 e. The van der Waals surface area contributed by atoms with E-state index in [4.69, 9.17) is 9.16 Å². The number of rotatable bonds is 8. The maximum absolute atomic E-state index is 13.1. The van der Waals surface area contributed by atoms with E-state index in [0.29, 0.717) is 12.0 Å². The molecule has 0 unspecified atom stereocenters. The molecule has 1 aliphatic carbocycles. The van der Waals surface area contributed by atoms with Gasteiger partial charge in [0.2, 0.25) is 0 Å². The summed E-state index contributed by atoms with van der Waals surface area (Å²) >= 11 is 0. The van der Waals surface area contributed by atoms with Crippen molar-refractivity contribution in [3.8, 4) is 0 Å². The molecular weight excluding hydrogens is 565 g/mol. The average molecular weight is 607 g/mol. The lowest BCUT2D eigenvalue weighted by molar-refractivity contribution is -0.166. The van der Waals surface area contributed by atoms with Gasteiger partial charge in [0.05, 0.1) is 23.4 Å². The van der Waals surface area contributed by atoms with E-state index in [1.165, 1.54) is 0 Å². The van der Waals surface area contributed by atoms with E-state index in [2.05, 4.69) is 45.0 Å². The molecule has 1 saturated heterocycles. The predicted octanol–water partition coefficient (Wildman–Crippen LogP) is 4.11. The topological polar surface area (TPSA) is 93.1 Å². The molecule has 0 bridgehead atoms. The van der Waals surface area contributed by atoms with Crippen molar-refractivity contribution in [2.75, 3.05) is 19.0 Å². The molecule has 2 fully saturated rings. The summed E-state index contributed by atoms with van der Waals surface area (Å²) in [6, 6.07) is 29.0. The highest BCUT2D eigenvalue weighted by molar-refractivity contribution is 7.91. The first-order valence-corrected chi connectivity index (χ1v) is 18.2. The number of hydrogen-bond acceptors (Lipinski definition) is 6. The highest BCUT2D eigenvalue weighted by Gasteiger charge is 2.60. The van der Waals surface area contributed by atoms with Gasteiger partial charge in [-0.05, 0) is 45.5 Å². The van der Waals surface area contributed by atoms with Crippen LogP contribution in [0.15, 0.2) is 108 Å². The minimum Gasteiger partial charge on any atom is -0.407 e. The van der Waals surface area contributed by atoms with E-state index in [1.54, 1.807) is 36.4 Å². The van der Waals surface area contributed by atoms with Crippen LogP contribution >= 0.6 is 0 Å². The van der Waals surface area contributed by atoms with Crippen molar-refractivity contribution in [1.82, 2.24) is 0 Å². The molecule has 0 spiro atoms. The van der Waals surface area contributed by atoms with Gasteiger partial charge < -0.3 is 19.4 Å². The van der Waals surface area contributed by atoms with Crippen LogP contribution in [0.25, 0.3) is 0 Å². The molecule has 2 N–H and O–H groups in total. The normalized spacial score (nSPS) is 27.6. The van der Waals surface area contributed by atoms with Gasteiger partial charge in [-0.25, -0.2) is 8.42 Å². The zero-order valence-corrected chi connectivity index (χ0v) is 26.6. The molecule has 2 aliphatic rings. The number of sulfone groups is 1. The highest BCUT2D eigenvalue weighted by atomic mass is 32.2. The van der Waals surface area contributed by atoms with Crippen LogP contribution in [0.1, 0.15) is 34.1 Å². The first kappa shape index (κ1) is 30.9. The molecular formula is C34H42O6SSi. The molecule has 1 heterocycles. The summed E-state index contributed by atoms with van der Waals surface area (Å²) in [5, 5.41) is 25.6. The molecule has 5 atom stereocenters. The Balaban J connectivity index is 1.53. The zero-order valence-electron chi connectivity index (χ0n) is 24.8. The van der Waals surface area contributed by atoms with Crippen molar-refractivity contribution in [1.29, 1.82) is 0 Å². The van der Waals surface area contributed by atoms with Gasteiger partial charge in [-0.2, -0.15) is 0 Å². The number of aliphatic hydroxyl groups is 2. The second kappa shape index (κ2) is 11.8. The second-order valence-corrected chi connectivity index (χ2v) is 19.1. The Morgan fingerprint density at radius 3 is 2.00 bits per heavy atom. The first-order valence-electron chi connectivity index (χ1n) is 14.7. The quantitative estimate of drug-likeness (QED) is 0.296. The van der Waals surface area contributed by atoms with Crippen molar-refractivity contribution in [2.45, 2.75) is 61.9 Å². The summed E-state index contributed by atoms with van der Waals surface area (Å²) in [4.78, 5) is 0.230. The van der Waals surface area contributed by atoms with Gasteiger partial charge in [0.15, 0.2) is 9.84 Å². The van der Waals surface area contributed by atoms with Crippen LogP contribution in [0, 0.1) is 11.8 Å². The van der Waals surface area contributed by atoms with Gasteiger partial charge >= 0.3 is 0 Å². The number of ether oxygens (including phenoxy) is 1. The minimum absolute atomic E-state index is 0.0605. The standard InChI is InChI=1S/C34H42O6SSi/c1-25-22-27(24-40-42(33(2,3)4,29-16-10-6-11-17-29)30-18-12-7-13-19-30)34(36)26(23-39-32(34)31(25)35)20-21-41(37,38)28-14-8-5-9-15-28/h5-20,25,27,31-32,35-36H,21-24H2,1-4H3/t25-,27-,31+,32+,34+/m0/s1. The third-order valence-electron chi connectivity index (χ3n) is 9.11. The van der Waals surface area contributed by atoms with Crippen molar-refractivity contribution >= 4 is 28.5 Å². The molecule has 42 heavy (non-hydrogen) atoms. The van der Waals surface area contributed by atoms with E-state index in [0.717, 1.165) is 10.4 Å². The molecule has 8 heteroatoms. The van der Waals surface area contributed by atoms with Crippen molar-refractivity contribution in [3.63, 3.8) is 0 Å². The van der Waals surface area contributed by atoms with Crippen molar-refractivity contribution in [2.24, 2.45) is 11.8 Å². The molecule has 3 aromatic carbocycles. The van der Waals surface area contributed by atoms with Crippen LogP contribution < -0.4 is 10.4 Å². The maximum atomic E-state index is 13.1. The van der Waals surface area contributed by atoms with Crippen LogP contribution in [-0.4, -0.2) is 63.7 Å². The number of fused-ring (bicyclic) bond motifs is 1. The van der Waals surface area contributed by atoms with Crippen LogP contribution in [0.3, 0.4) is 0 Å². The third-order valence-corrected chi connectivity index (χ3v) is 15.7. The fourth-order valence-corrected chi connectivity index (χ4v) is 12.7. The summed E-state index contributed by atoms with van der Waals surface area (Å²) in [6.45, 7) is 8.90. The Morgan fingerprint density at radius 1 is 0.952 bits per heavy atom. The van der Waals surface area contributed by atoms with Gasteiger partial charge in [-0.1, -0.05) is 113 Å². The fourth-order valence-electron chi connectivity index (χ4n) is 6.86. The molecule has 5 rings (SSSR count). The van der Waals surface area contributed by atoms with Gasteiger partial charge in [-0.3, -0.25) is 0 Å². The molecule has 0 amide bonds. The van der Waals surface area contributed by atoms with E-state index in [1.807, 2.05) is 43.3 Å². The Morgan fingerprint density at radius 2 is 1.48 bits per heavy atom. The molecule has 0 radical (unpaired) electrons.